The number of ether oxygens (including phenoxy) is 1. The Labute approximate surface area is 139 Å². The smallest absolute Gasteiger partial charge is 0.410 e. The molecule has 0 bridgehead atoms. The molecule has 5 nitrogen and oxygen atoms in total. The number of carbonyl (C=O) groups is 1. The maximum atomic E-state index is 12.0. The number of phenolic OH excluding ortho intramolecular Hbond substituents is 1. The first kappa shape index (κ1) is 19.3. The Balaban J connectivity index is 2.34. The van der Waals surface area contributed by atoms with Crippen molar-refractivity contribution in [3.05, 3.63) is 29.8 Å². The third kappa shape index (κ3) is 7.37. The lowest BCUT2D eigenvalue weighted by Gasteiger charge is -2.26. The molecule has 2 N–H and O–H groups in total. The Bertz CT molecular complexity index is 480. The molecule has 0 heterocycles. The molecular weight excluding hydrogens is 292 g/mol. The fourth-order valence-electron chi connectivity index (χ4n) is 2.17. The Hall–Kier alpha value is -1.75. The van der Waals surface area contributed by atoms with Crippen molar-refractivity contribution in [2.45, 2.75) is 52.7 Å². The molecule has 0 aromatic heterocycles. The molecule has 1 unspecified atom stereocenters. The first-order chi connectivity index (χ1) is 10.7. The van der Waals surface area contributed by atoms with Crippen LogP contribution in [0.5, 0.6) is 5.75 Å². The van der Waals surface area contributed by atoms with Crippen molar-refractivity contribution in [3.63, 3.8) is 0 Å². The Morgan fingerprint density at radius 2 is 1.91 bits per heavy atom. The van der Waals surface area contributed by atoms with Crippen LogP contribution < -0.4 is 5.32 Å². The largest absolute Gasteiger partial charge is 0.508 e. The Kier molecular flexibility index (Phi) is 7.36. The van der Waals surface area contributed by atoms with E-state index in [0.29, 0.717) is 13.1 Å². The van der Waals surface area contributed by atoms with Crippen molar-refractivity contribution in [2.24, 2.45) is 0 Å². The van der Waals surface area contributed by atoms with Gasteiger partial charge in [-0.3, -0.25) is 0 Å². The predicted molar refractivity (Wildman–Crippen MR) is 92.6 cm³/mol. The fourth-order valence-corrected chi connectivity index (χ4v) is 2.17. The van der Waals surface area contributed by atoms with Gasteiger partial charge in [0.1, 0.15) is 11.4 Å². The van der Waals surface area contributed by atoms with Crippen LogP contribution in [0.15, 0.2) is 24.3 Å². The van der Waals surface area contributed by atoms with E-state index in [9.17, 15) is 9.90 Å². The summed E-state index contributed by atoms with van der Waals surface area (Å²) in [6, 6.07) is 7.40. The highest BCUT2D eigenvalue weighted by Gasteiger charge is 2.20. The van der Waals surface area contributed by atoms with Crippen LogP contribution in [0.25, 0.3) is 0 Å². The quantitative estimate of drug-likeness (QED) is 0.752. The van der Waals surface area contributed by atoms with Crippen LogP contribution in [-0.4, -0.2) is 41.3 Å². The summed E-state index contributed by atoms with van der Waals surface area (Å²) in [5, 5.41) is 12.7. The predicted octanol–water partition coefficient (Wildman–Crippen LogP) is 3.69. The molecule has 0 aliphatic heterocycles. The lowest BCUT2D eigenvalue weighted by atomic mass is 10.1. The molecule has 1 amide bonds. The molecule has 0 saturated carbocycles. The number of rotatable bonds is 7. The van der Waals surface area contributed by atoms with E-state index in [1.165, 1.54) is 0 Å². The van der Waals surface area contributed by atoms with Gasteiger partial charge in [-0.15, -0.1) is 0 Å². The fraction of sp³-hybridized carbons (Fsp3) is 0.611. The number of hydrogen-bond acceptors (Lipinski definition) is 4. The van der Waals surface area contributed by atoms with E-state index in [4.69, 9.17) is 4.74 Å². The van der Waals surface area contributed by atoms with Gasteiger partial charge >= 0.3 is 6.09 Å². The zero-order valence-corrected chi connectivity index (χ0v) is 14.9. The molecule has 23 heavy (non-hydrogen) atoms. The van der Waals surface area contributed by atoms with Crippen molar-refractivity contribution < 1.29 is 14.6 Å². The maximum Gasteiger partial charge on any atom is 0.410 e. The molecule has 0 aliphatic rings. The zero-order valence-electron chi connectivity index (χ0n) is 14.9. The number of amides is 1. The molecule has 1 atom stereocenters. The Morgan fingerprint density at radius 3 is 2.43 bits per heavy atom. The number of nitrogens with zero attached hydrogens (tertiary/aromatic N) is 1. The summed E-state index contributed by atoms with van der Waals surface area (Å²) in [6.45, 7) is 11.8. The summed E-state index contributed by atoms with van der Waals surface area (Å²) in [5.41, 5.74) is 0.665. The van der Waals surface area contributed by atoms with Crippen LogP contribution in [0.4, 0.5) is 4.79 Å². The van der Waals surface area contributed by atoms with Crippen molar-refractivity contribution in [1.29, 1.82) is 0 Å². The van der Waals surface area contributed by atoms with Gasteiger partial charge in [-0.05, 0) is 65.3 Å². The average Bonchev–Trinajstić information content (AvgIpc) is 2.45. The number of aromatic hydroxyl groups is 1. The molecule has 0 aliphatic carbocycles. The van der Waals surface area contributed by atoms with E-state index in [1.54, 1.807) is 17.0 Å². The average molecular weight is 322 g/mol. The molecule has 1 rings (SSSR count). The van der Waals surface area contributed by atoms with Gasteiger partial charge in [0, 0.05) is 19.1 Å². The highest BCUT2D eigenvalue weighted by Crippen LogP contribution is 2.16. The van der Waals surface area contributed by atoms with Gasteiger partial charge in [0.25, 0.3) is 0 Å². The molecule has 1 aromatic rings. The molecule has 0 spiro atoms. The SMILES string of the molecule is CCN(CCCNC(C)c1ccc(O)cc1)C(=O)OC(C)(C)C. The summed E-state index contributed by atoms with van der Waals surface area (Å²) in [4.78, 5) is 13.8. The minimum absolute atomic E-state index is 0.201. The Morgan fingerprint density at radius 1 is 1.30 bits per heavy atom. The van der Waals surface area contributed by atoms with E-state index < -0.39 is 5.60 Å². The number of phenols is 1. The van der Waals surface area contributed by atoms with E-state index in [2.05, 4.69) is 12.2 Å². The van der Waals surface area contributed by atoms with Crippen LogP contribution in [0.2, 0.25) is 0 Å². The topological polar surface area (TPSA) is 61.8 Å². The van der Waals surface area contributed by atoms with Crippen LogP contribution in [0, 0.1) is 0 Å². The standard InChI is InChI=1S/C18H30N2O3/c1-6-20(17(22)23-18(3,4)5)13-7-12-19-14(2)15-8-10-16(21)11-9-15/h8-11,14,19,21H,6-7,12-13H2,1-5H3. The number of benzene rings is 1. The number of hydrogen-bond donors (Lipinski definition) is 2. The van der Waals surface area contributed by atoms with Crippen molar-refractivity contribution in [1.82, 2.24) is 10.2 Å². The van der Waals surface area contributed by atoms with Crippen LogP contribution in [0.1, 0.15) is 52.6 Å². The summed E-state index contributed by atoms with van der Waals surface area (Å²) in [7, 11) is 0. The zero-order chi connectivity index (χ0) is 17.5. The van der Waals surface area contributed by atoms with Crippen LogP contribution in [0.3, 0.4) is 0 Å². The van der Waals surface area contributed by atoms with Gasteiger partial charge in [-0.2, -0.15) is 0 Å². The third-order valence-corrected chi connectivity index (χ3v) is 3.48. The molecule has 0 fully saturated rings. The molecule has 130 valence electrons. The molecule has 5 heteroatoms. The number of nitrogens with one attached hydrogen (secondary N) is 1. The first-order valence-electron chi connectivity index (χ1n) is 8.23. The van der Waals surface area contributed by atoms with E-state index in [-0.39, 0.29) is 17.9 Å². The van der Waals surface area contributed by atoms with Gasteiger partial charge in [0.15, 0.2) is 0 Å². The van der Waals surface area contributed by atoms with Crippen LogP contribution in [-0.2, 0) is 4.74 Å². The summed E-state index contributed by atoms with van der Waals surface area (Å²) < 4.78 is 5.39. The van der Waals surface area contributed by atoms with Gasteiger partial charge < -0.3 is 20.1 Å². The second-order valence-corrected chi connectivity index (χ2v) is 6.68. The molecule has 0 saturated heterocycles. The van der Waals surface area contributed by atoms with E-state index in [0.717, 1.165) is 18.5 Å². The highest BCUT2D eigenvalue weighted by molar-refractivity contribution is 5.68. The number of carbonyl (C=O) groups excluding carboxylic acids is 1. The van der Waals surface area contributed by atoms with Crippen molar-refractivity contribution in [3.8, 4) is 5.75 Å². The second kappa shape index (κ2) is 8.77. The normalized spacial score (nSPS) is 12.7. The maximum absolute atomic E-state index is 12.0. The lowest BCUT2D eigenvalue weighted by Crippen LogP contribution is -2.38. The lowest BCUT2D eigenvalue weighted by molar-refractivity contribution is 0.0258. The summed E-state index contributed by atoms with van der Waals surface area (Å²) >= 11 is 0. The molecule has 1 aromatic carbocycles. The van der Waals surface area contributed by atoms with Crippen LogP contribution >= 0.6 is 0 Å². The van der Waals surface area contributed by atoms with Crippen molar-refractivity contribution >= 4 is 6.09 Å². The van der Waals surface area contributed by atoms with E-state index >= 15 is 0 Å². The van der Waals surface area contributed by atoms with Gasteiger partial charge in [-0.25, -0.2) is 4.79 Å². The molecule has 0 radical (unpaired) electrons. The third-order valence-electron chi connectivity index (χ3n) is 3.48. The second-order valence-electron chi connectivity index (χ2n) is 6.68. The minimum atomic E-state index is -0.462. The summed E-state index contributed by atoms with van der Waals surface area (Å²) in [5.74, 6) is 0.275. The molecular formula is C18H30N2O3. The first-order valence-corrected chi connectivity index (χ1v) is 8.23. The van der Waals surface area contributed by atoms with Gasteiger partial charge in [0.2, 0.25) is 0 Å². The van der Waals surface area contributed by atoms with Crippen molar-refractivity contribution in [2.75, 3.05) is 19.6 Å². The van der Waals surface area contributed by atoms with Gasteiger partial charge in [-0.1, -0.05) is 12.1 Å². The highest BCUT2D eigenvalue weighted by atomic mass is 16.6. The van der Waals surface area contributed by atoms with Gasteiger partial charge in [0.05, 0.1) is 0 Å². The monoisotopic (exact) mass is 322 g/mol. The van der Waals surface area contributed by atoms with E-state index in [1.807, 2.05) is 39.8 Å². The minimum Gasteiger partial charge on any atom is -0.508 e. The summed E-state index contributed by atoms with van der Waals surface area (Å²) in [6.07, 6.45) is 0.599.